The molecule has 7 rings (SSSR count). The summed E-state index contributed by atoms with van der Waals surface area (Å²) in [6, 6.07) is 17.5. The number of amides is 1. The first-order valence-corrected chi connectivity index (χ1v) is 16.8. The van der Waals surface area contributed by atoms with E-state index in [2.05, 4.69) is 31.2 Å². The molecule has 4 fully saturated rings. The van der Waals surface area contributed by atoms with Crippen molar-refractivity contribution in [2.24, 2.45) is 0 Å². The Morgan fingerprint density at radius 3 is 2.04 bits per heavy atom. The van der Waals surface area contributed by atoms with Crippen LogP contribution < -0.4 is 0 Å². The quantitative estimate of drug-likeness (QED) is 0.178. The van der Waals surface area contributed by atoms with Gasteiger partial charge in [0.2, 0.25) is 5.91 Å². The number of hydrogen-bond acceptors (Lipinski definition) is 1. The van der Waals surface area contributed by atoms with Gasteiger partial charge in [-0.15, -0.1) is 0 Å². The Kier molecular flexibility index (Phi) is 8.93. The smallest absolute Gasteiger partial charge is 0.337 e. The van der Waals surface area contributed by atoms with Gasteiger partial charge in [0.1, 0.15) is 6.04 Å². The summed E-state index contributed by atoms with van der Waals surface area (Å²) < 4.78 is 83.4. The summed E-state index contributed by atoms with van der Waals surface area (Å²) in [5, 5.41) is 0.733. The van der Waals surface area contributed by atoms with Gasteiger partial charge in [-0.05, 0) is 59.9 Å². The van der Waals surface area contributed by atoms with E-state index in [9.17, 15) is 31.1 Å². The van der Waals surface area contributed by atoms with Crippen molar-refractivity contribution in [3.63, 3.8) is 0 Å². The lowest BCUT2D eigenvalue weighted by atomic mass is 9.55. The maximum Gasteiger partial charge on any atom is 0.416 e. The highest BCUT2D eigenvalue weighted by Gasteiger charge is 2.63. The predicted octanol–water partition coefficient (Wildman–Crippen LogP) is 9.82. The molecular weight excluding hydrogens is 661 g/mol. The molecule has 0 aliphatic carbocycles. The second-order valence-electron chi connectivity index (χ2n) is 13.7. The minimum Gasteiger partial charge on any atom is -0.337 e. The zero-order valence-electron chi connectivity index (χ0n) is 26.0. The SMILES string of the molecule is CCC[N+]12CCC(c3ccccc3)(CC1)CC2C1(c2ccc(Cl)c(Cl)c2)CCC(=O)N(Cc2cc(C(F)(F)F)cc(C(F)(F)F)c2)C1. The maximum absolute atomic E-state index is 13.8. The van der Waals surface area contributed by atoms with Gasteiger partial charge in [-0.25, -0.2) is 0 Å². The van der Waals surface area contributed by atoms with Crippen LogP contribution in [0.5, 0.6) is 0 Å². The molecule has 2 unspecified atom stereocenters. The summed E-state index contributed by atoms with van der Waals surface area (Å²) in [5.41, 5.74) is -1.60. The fourth-order valence-corrected chi connectivity index (χ4v) is 9.21. The largest absolute Gasteiger partial charge is 0.416 e. The number of carbonyl (C=O) groups excluding carboxylic acids is 1. The third kappa shape index (κ3) is 6.28. The Morgan fingerprint density at radius 2 is 1.47 bits per heavy atom. The Morgan fingerprint density at radius 1 is 0.830 bits per heavy atom. The van der Waals surface area contributed by atoms with Crippen molar-refractivity contribution in [2.45, 2.75) is 81.2 Å². The lowest BCUT2D eigenvalue weighted by Crippen LogP contribution is -2.75. The summed E-state index contributed by atoms with van der Waals surface area (Å²) >= 11 is 13.0. The predicted molar refractivity (Wildman–Crippen MR) is 170 cm³/mol. The number of piperidine rings is 4. The topological polar surface area (TPSA) is 20.3 Å². The van der Waals surface area contributed by atoms with Gasteiger partial charge in [0.25, 0.3) is 0 Å². The maximum atomic E-state index is 13.8. The van der Waals surface area contributed by atoms with E-state index >= 15 is 0 Å². The molecule has 3 aromatic rings. The molecule has 0 radical (unpaired) electrons. The Bertz CT molecular complexity index is 1600. The molecule has 4 saturated heterocycles. The fourth-order valence-electron chi connectivity index (χ4n) is 8.91. The molecule has 2 bridgehead atoms. The average Bonchev–Trinajstić information content (AvgIpc) is 3.03. The van der Waals surface area contributed by atoms with E-state index in [1.807, 2.05) is 18.2 Å². The molecule has 2 atom stereocenters. The van der Waals surface area contributed by atoms with Crippen LogP contribution in [0.15, 0.2) is 66.7 Å². The highest BCUT2D eigenvalue weighted by atomic mass is 35.5. The number of alkyl halides is 6. The summed E-state index contributed by atoms with van der Waals surface area (Å²) in [5.74, 6) is -0.303. The van der Waals surface area contributed by atoms with E-state index in [1.165, 1.54) is 10.5 Å². The molecule has 11 heteroatoms. The highest BCUT2D eigenvalue weighted by molar-refractivity contribution is 6.42. The zero-order chi connectivity index (χ0) is 33.8. The monoisotopic (exact) mass is 697 g/mol. The van der Waals surface area contributed by atoms with Crippen LogP contribution in [-0.2, 0) is 34.5 Å². The van der Waals surface area contributed by atoms with Gasteiger partial charge in [0, 0.05) is 44.2 Å². The van der Waals surface area contributed by atoms with Crippen molar-refractivity contribution in [2.75, 3.05) is 26.2 Å². The number of halogens is 8. The van der Waals surface area contributed by atoms with Crippen LogP contribution >= 0.6 is 23.2 Å². The van der Waals surface area contributed by atoms with Crippen molar-refractivity contribution in [3.8, 4) is 0 Å². The van der Waals surface area contributed by atoms with Crippen molar-refractivity contribution < 1.29 is 35.6 Å². The van der Waals surface area contributed by atoms with Gasteiger partial charge in [0.05, 0.1) is 46.2 Å². The van der Waals surface area contributed by atoms with Crippen LogP contribution in [0.4, 0.5) is 26.3 Å². The van der Waals surface area contributed by atoms with Crippen molar-refractivity contribution in [1.29, 1.82) is 0 Å². The highest BCUT2D eigenvalue weighted by Crippen LogP contribution is 2.56. The molecule has 3 aromatic carbocycles. The van der Waals surface area contributed by atoms with Gasteiger partial charge >= 0.3 is 12.4 Å². The molecule has 1 amide bonds. The first-order valence-electron chi connectivity index (χ1n) is 16.0. The van der Waals surface area contributed by atoms with Gasteiger partial charge in [-0.3, -0.25) is 4.79 Å². The number of benzene rings is 3. The van der Waals surface area contributed by atoms with Crippen LogP contribution in [0, 0.1) is 0 Å². The molecule has 0 N–H and O–H groups in total. The molecule has 47 heavy (non-hydrogen) atoms. The number of carbonyl (C=O) groups is 1. The minimum absolute atomic E-state index is 0.0187. The van der Waals surface area contributed by atoms with E-state index in [0.29, 0.717) is 16.5 Å². The number of likely N-dealkylation sites (tertiary alicyclic amines) is 1. The first-order chi connectivity index (χ1) is 22.1. The molecule has 0 saturated carbocycles. The third-order valence-electron chi connectivity index (χ3n) is 11.1. The van der Waals surface area contributed by atoms with Crippen LogP contribution in [0.1, 0.15) is 73.3 Å². The van der Waals surface area contributed by atoms with Crippen LogP contribution in [-0.4, -0.2) is 47.5 Å². The van der Waals surface area contributed by atoms with Crippen LogP contribution in [0.25, 0.3) is 0 Å². The minimum atomic E-state index is -4.98. The van der Waals surface area contributed by atoms with Gasteiger partial charge < -0.3 is 9.38 Å². The van der Waals surface area contributed by atoms with E-state index in [4.69, 9.17) is 23.2 Å². The van der Waals surface area contributed by atoms with E-state index < -0.39 is 28.9 Å². The fraction of sp³-hybridized carbons (Fsp3) is 0.472. The molecule has 252 valence electrons. The molecule has 0 aromatic heterocycles. The van der Waals surface area contributed by atoms with E-state index in [1.54, 1.807) is 6.07 Å². The Balaban J connectivity index is 1.47. The molecule has 4 heterocycles. The van der Waals surface area contributed by atoms with Crippen LogP contribution in [0.3, 0.4) is 0 Å². The Hall–Kier alpha value is -2.75. The standard InChI is InChI=1S/C36H37Cl2F6N2O/c1-2-14-46-15-12-33(13-16-46,25-6-4-3-5-7-25)21-31(46)34(26-8-9-29(37)30(38)20-26)11-10-32(47)45(23-34)22-24-17-27(35(39,40)41)19-28(18-24)36(42,43)44/h3-9,17-20,31H,2,10-16,21-23H2,1H3/q+1. The summed E-state index contributed by atoms with van der Waals surface area (Å²) in [6.07, 6.45) is -5.58. The van der Waals surface area contributed by atoms with Gasteiger partial charge in [-0.1, -0.05) is 66.5 Å². The molecule has 4 aliphatic heterocycles. The number of nitrogens with zero attached hydrogens (tertiary/aromatic N) is 2. The van der Waals surface area contributed by atoms with Gasteiger partial charge in [-0.2, -0.15) is 26.3 Å². The first kappa shape index (κ1) is 34.1. The van der Waals surface area contributed by atoms with E-state index in [0.717, 1.165) is 67.5 Å². The molecule has 4 aliphatic rings. The number of quaternary nitrogens is 1. The normalized spacial score (nSPS) is 28.1. The van der Waals surface area contributed by atoms with E-state index in [-0.39, 0.29) is 48.5 Å². The van der Waals surface area contributed by atoms with Crippen molar-refractivity contribution in [3.05, 3.63) is 105 Å². The number of fused-ring (bicyclic) bond motifs is 3. The third-order valence-corrected chi connectivity index (χ3v) is 11.9. The molecular formula is C36H37Cl2F6N2O+. The van der Waals surface area contributed by atoms with Crippen molar-refractivity contribution in [1.82, 2.24) is 4.90 Å². The summed E-state index contributed by atoms with van der Waals surface area (Å²) in [4.78, 5) is 15.0. The zero-order valence-corrected chi connectivity index (χ0v) is 27.5. The lowest BCUT2D eigenvalue weighted by Gasteiger charge is -2.65. The second kappa shape index (κ2) is 12.3. The molecule has 3 nitrogen and oxygen atoms in total. The number of hydrogen-bond donors (Lipinski definition) is 0. The van der Waals surface area contributed by atoms with Gasteiger partial charge in [0.15, 0.2) is 0 Å². The lowest BCUT2D eigenvalue weighted by molar-refractivity contribution is -0.971. The van der Waals surface area contributed by atoms with Crippen molar-refractivity contribution >= 4 is 29.1 Å². The van der Waals surface area contributed by atoms with Crippen LogP contribution in [0.2, 0.25) is 10.0 Å². The number of rotatable bonds is 7. The second-order valence-corrected chi connectivity index (χ2v) is 14.5. The Labute approximate surface area is 281 Å². The summed E-state index contributed by atoms with van der Waals surface area (Å²) in [6.45, 7) is 4.72. The molecule has 0 spiro atoms. The summed E-state index contributed by atoms with van der Waals surface area (Å²) in [7, 11) is 0. The average molecular weight is 699 g/mol.